The number of para-hydroxylation sites is 2. The molecule has 0 bridgehead atoms. The number of anilines is 1. The Hall–Kier alpha value is -3.67. The van der Waals surface area contributed by atoms with Gasteiger partial charge in [-0.3, -0.25) is 0 Å². The van der Waals surface area contributed by atoms with Crippen LogP contribution in [-0.4, -0.2) is 16.2 Å². The van der Waals surface area contributed by atoms with Gasteiger partial charge in [-0.25, -0.2) is 4.79 Å². The molecule has 6 nitrogen and oxygen atoms in total. The van der Waals surface area contributed by atoms with Crippen LogP contribution >= 0.6 is 0 Å². The summed E-state index contributed by atoms with van der Waals surface area (Å²) in [5.74, 6) is -1.31. The maximum absolute atomic E-state index is 10.3. The first-order valence-corrected chi connectivity index (χ1v) is 7.40. The minimum atomic E-state index is -1.11. The van der Waals surface area contributed by atoms with E-state index in [1.807, 2.05) is 48.5 Å². The van der Waals surface area contributed by atoms with E-state index in [-0.39, 0.29) is 11.3 Å². The Morgan fingerprint density at radius 1 is 0.800 bits per heavy atom. The van der Waals surface area contributed by atoms with Crippen molar-refractivity contribution in [3.8, 4) is 5.75 Å². The third kappa shape index (κ3) is 5.47. The lowest BCUT2D eigenvalue weighted by Gasteiger charge is -1.96. The van der Waals surface area contributed by atoms with Gasteiger partial charge in [0.2, 0.25) is 0 Å². The van der Waals surface area contributed by atoms with Crippen LogP contribution in [0.2, 0.25) is 0 Å². The van der Waals surface area contributed by atoms with Crippen molar-refractivity contribution in [1.82, 2.24) is 0 Å². The standard InChI is InChI=1S/C12H11N3.C7H6O3/c13-11-8-4-5-9-12(11)15-14-10-6-2-1-3-7-10;8-6-4-2-1-3-5(6)7(9)10/h1-9H,13H2;1-4,8H,(H,9,10). The van der Waals surface area contributed by atoms with Gasteiger partial charge in [-0.2, -0.15) is 5.11 Å². The first-order valence-electron chi connectivity index (χ1n) is 7.40. The van der Waals surface area contributed by atoms with Gasteiger partial charge in [0.25, 0.3) is 0 Å². The average Bonchev–Trinajstić information content (AvgIpc) is 2.63. The number of carboxylic acids is 1. The number of azo groups is 1. The summed E-state index contributed by atoms with van der Waals surface area (Å²) in [6, 6.07) is 22.8. The molecule has 126 valence electrons. The van der Waals surface area contributed by atoms with Gasteiger partial charge in [0, 0.05) is 0 Å². The molecule has 0 saturated carbocycles. The van der Waals surface area contributed by atoms with Gasteiger partial charge in [0.1, 0.15) is 17.0 Å². The number of nitrogens with zero attached hydrogens (tertiary/aromatic N) is 2. The van der Waals surface area contributed by atoms with E-state index in [2.05, 4.69) is 10.2 Å². The van der Waals surface area contributed by atoms with E-state index in [0.717, 1.165) is 5.69 Å². The smallest absolute Gasteiger partial charge is 0.339 e. The molecule has 0 aromatic heterocycles. The Morgan fingerprint density at radius 3 is 2.00 bits per heavy atom. The third-order valence-corrected chi connectivity index (χ3v) is 3.10. The first-order chi connectivity index (χ1) is 12.1. The molecule has 0 aliphatic carbocycles. The van der Waals surface area contributed by atoms with Crippen molar-refractivity contribution in [1.29, 1.82) is 0 Å². The monoisotopic (exact) mass is 335 g/mol. The molecule has 3 aromatic rings. The molecule has 0 amide bonds. The Labute approximate surface area is 144 Å². The Morgan fingerprint density at radius 2 is 1.40 bits per heavy atom. The SMILES string of the molecule is Nc1ccccc1N=Nc1ccccc1.O=C(O)c1ccccc1O. The largest absolute Gasteiger partial charge is 0.507 e. The average molecular weight is 335 g/mol. The zero-order valence-corrected chi connectivity index (χ0v) is 13.3. The van der Waals surface area contributed by atoms with E-state index in [4.69, 9.17) is 15.9 Å². The molecular formula is C19H17N3O3. The number of nitrogens with two attached hydrogens (primary N) is 1. The van der Waals surface area contributed by atoms with E-state index < -0.39 is 5.97 Å². The van der Waals surface area contributed by atoms with Crippen molar-refractivity contribution < 1.29 is 15.0 Å². The van der Waals surface area contributed by atoms with Gasteiger partial charge in [-0.05, 0) is 36.4 Å². The second-order valence-electron chi connectivity index (χ2n) is 4.92. The summed E-state index contributed by atoms with van der Waals surface area (Å²) in [5.41, 5.74) is 7.82. The van der Waals surface area contributed by atoms with Crippen LogP contribution in [0, 0.1) is 0 Å². The van der Waals surface area contributed by atoms with Crippen LogP contribution < -0.4 is 5.73 Å². The van der Waals surface area contributed by atoms with E-state index in [0.29, 0.717) is 11.4 Å². The molecule has 0 heterocycles. The van der Waals surface area contributed by atoms with Gasteiger partial charge >= 0.3 is 5.97 Å². The normalized spacial score (nSPS) is 10.1. The number of carbonyl (C=O) groups is 1. The highest BCUT2D eigenvalue weighted by atomic mass is 16.4. The highest BCUT2D eigenvalue weighted by molar-refractivity contribution is 5.90. The molecule has 0 aliphatic heterocycles. The summed E-state index contributed by atoms with van der Waals surface area (Å²) in [6.07, 6.45) is 0. The predicted octanol–water partition coefficient (Wildman–Crippen LogP) is 4.77. The van der Waals surface area contributed by atoms with Crippen LogP contribution in [0.15, 0.2) is 89.1 Å². The quantitative estimate of drug-likeness (QED) is 0.473. The Bertz CT molecular complexity index is 865. The lowest BCUT2D eigenvalue weighted by atomic mass is 10.2. The maximum atomic E-state index is 10.3. The number of hydrogen-bond donors (Lipinski definition) is 3. The maximum Gasteiger partial charge on any atom is 0.339 e. The Kier molecular flexibility index (Phi) is 6.24. The molecule has 4 N–H and O–H groups in total. The summed E-state index contributed by atoms with van der Waals surface area (Å²) < 4.78 is 0. The van der Waals surface area contributed by atoms with Crippen molar-refractivity contribution in [2.24, 2.45) is 10.2 Å². The minimum absolute atomic E-state index is 0.0671. The fraction of sp³-hybridized carbons (Fsp3) is 0. The highest BCUT2D eigenvalue weighted by Gasteiger charge is 2.05. The van der Waals surface area contributed by atoms with Crippen LogP contribution in [0.4, 0.5) is 17.1 Å². The van der Waals surface area contributed by atoms with Crippen molar-refractivity contribution in [3.05, 3.63) is 84.4 Å². The number of benzene rings is 3. The van der Waals surface area contributed by atoms with Gasteiger partial charge in [-0.15, -0.1) is 5.11 Å². The number of aromatic hydroxyl groups is 1. The summed E-state index contributed by atoms with van der Waals surface area (Å²) in [7, 11) is 0. The van der Waals surface area contributed by atoms with E-state index >= 15 is 0 Å². The third-order valence-electron chi connectivity index (χ3n) is 3.10. The molecule has 3 rings (SSSR count). The van der Waals surface area contributed by atoms with Crippen LogP contribution in [0.5, 0.6) is 5.75 Å². The topological polar surface area (TPSA) is 108 Å². The second kappa shape index (κ2) is 8.83. The summed E-state index contributed by atoms with van der Waals surface area (Å²) >= 11 is 0. The molecule has 0 radical (unpaired) electrons. The lowest BCUT2D eigenvalue weighted by molar-refractivity contribution is 0.0693. The summed E-state index contributed by atoms with van der Waals surface area (Å²) in [4.78, 5) is 10.3. The molecule has 0 unspecified atom stereocenters. The molecule has 0 aliphatic rings. The number of nitrogen functional groups attached to an aromatic ring is 1. The van der Waals surface area contributed by atoms with Gasteiger partial charge in [0.15, 0.2) is 0 Å². The second-order valence-corrected chi connectivity index (χ2v) is 4.92. The van der Waals surface area contributed by atoms with Gasteiger partial charge in [0.05, 0.1) is 11.4 Å². The molecule has 0 fully saturated rings. The molecule has 3 aromatic carbocycles. The van der Waals surface area contributed by atoms with Crippen LogP contribution in [0.25, 0.3) is 0 Å². The molecular weight excluding hydrogens is 318 g/mol. The number of rotatable bonds is 3. The highest BCUT2D eigenvalue weighted by Crippen LogP contribution is 2.23. The van der Waals surface area contributed by atoms with Crippen LogP contribution in [0.1, 0.15) is 10.4 Å². The molecule has 25 heavy (non-hydrogen) atoms. The van der Waals surface area contributed by atoms with Crippen LogP contribution in [0.3, 0.4) is 0 Å². The lowest BCUT2D eigenvalue weighted by Crippen LogP contribution is -1.95. The van der Waals surface area contributed by atoms with Gasteiger partial charge in [-0.1, -0.05) is 42.5 Å². The van der Waals surface area contributed by atoms with Crippen LogP contribution in [-0.2, 0) is 0 Å². The van der Waals surface area contributed by atoms with E-state index in [9.17, 15) is 4.79 Å². The van der Waals surface area contributed by atoms with Crippen molar-refractivity contribution in [2.45, 2.75) is 0 Å². The molecule has 6 heteroatoms. The van der Waals surface area contributed by atoms with Crippen molar-refractivity contribution >= 4 is 23.0 Å². The van der Waals surface area contributed by atoms with Gasteiger partial charge < -0.3 is 15.9 Å². The minimum Gasteiger partial charge on any atom is -0.507 e. The zero-order valence-electron chi connectivity index (χ0n) is 13.3. The first kappa shape index (κ1) is 17.7. The van der Waals surface area contributed by atoms with Crippen molar-refractivity contribution in [2.75, 3.05) is 5.73 Å². The number of carboxylic acid groups (broad SMARTS) is 1. The zero-order chi connectivity index (χ0) is 18.1. The Balaban J connectivity index is 0.000000196. The predicted molar refractivity (Wildman–Crippen MR) is 96.5 cm³/mol. The fourth-order valence-corrected chi connectivity index (χ4v) is 1.84. The molecule has 0 spiro atoms. The van der Waals surface area contributed by atoms with E-state index in [1.165, 1.54) is 12.1 Å². The fourth-order valence-electron chi connectivity index (χ4n) is 1.84. The summed E-state index contributed by atoms with van der Waals surface area (Å²) in [6.45, 7) is 0. The number of hydrogen-bond acceptors (Lipinski definition) is 5. The molecule has 0 saturated heterocycles. The van der Waals surface area contributed by atoms with Crippen molar-refractivity contribution in [3.63, 3.8) is 0 Å². The number of aromatic carboxylic acids is 1. The molecule has 0 atom stereocenters. The number of phenols is 1. The van der Waals surface area contributed by atoms with E-state index in [1.54, 1.807) is 18.2 Å². The summed E-state index contributed by atoms with van der Waals surface area (Å²) in [5, 5.41) is 25.5.